The molecule has 1 aliphatic rings. The van der Waals surface area contributed by atoms with Gasteiger partial charge in [0.2, 0.25) is 0 Å². The number of pyridine rings is 1. The summed E-state index contributed by atoms with van der Waals surface area (Å²) in [6.07, 6.45) is 5.67. The number of halogens is 1. The van der Waals surface area contributed by atoms with Gasteiger partial charge in [0.25, 0.3) is 0 Å². The van der Waals surface area contributed by atoms with E-state index in [1.165, 1.54) is 6.07 Å². The van der Waals surface area contributed by atoms with Gasteiger partial charge in [0, 0.05) is 37.1 Å². The molecule has 1 saturated heterocycles. The monoisotopic (exact) mass is 366 g/mol. The summed E-state index contributed by atoms with van der Waals surface area (Å²) in [5.41, 5.74) is 10.3. The fraction of sp³-hybridized carbons (Fsp3) is 0.350. The molecule has 1 unspecified atom stereocenters. The zero-order chi connectivity index (χ0) is 18.8. The Morgan fingerprint density at radius 1 is 1.22 bits per heavy atom. The van der Waals surface area contributed by atoms with E-state index in [9.17, 15) is 4.39 Å². The highest BCUT2D eigenvalue weighted by molar-refractivity contribution is 5.63. The Hall–Kier alpha value is -2.64. The van der Waals surface area contributed by atoms with Gasteiger partial charge in [0.15, 0.2) is 0 Å². The zero-order valence-electron chi connectivity index (χ0n) is 15.3. The summed E-state index contributed by atoms with van der Waals surface area (Å²) in [7, 11) is 0. The summed E-state index contributed by atoms with van der Waals surface area (Å²) in [5, 5.41) is 8.84. The molecule has 1 fully saturated rings. The van der Waals surface area contributed by atoms with E-state index in [2.05, 4.69) is 20.2 Å². The zero-order valence-corrected chi connectivity index (χ0v) is 15.3. The molecule has 1 atom stereocenters. The van der Waals surface area contributed by atoms with Crippen LogP contribution in [-0.4, -0.2) is 44.0 Å². The molecule has 3 aromatic rings. The molecule has 3 heterocycles. The van der Waals surface area contributed by atoms with Gasteiger partial charge in [-0.2, -0.15) is 0 Å². The Bertz CT molecular complexity index is 923. The number of aryl methyl sites for hydroxylation is 1. The van der Waals surface area contributed by atoms with Crippen LogP contribution in [0.2, 0.25) is 0 Å². The van der Waals surface area contributed by atoms with Crippen molar-refractivity contribution in [1.82, 2.24) is 24.9 Å². The molecule has 2 N–H and O–H groups in total. The lowest BCUT2D eigenvalue weighted by Gasteiger charge is -2.30. The van der Waals surface area contributed by atoms with Crippen molar-refractivity contribution in [2.75, 3.05) is 13.1 Å². The Kier molecular flexibility index (Phi) is 4.96. The average Bonchev–Trinajstić information content (AvgIpc) is 3.08. The van der Waals surface area contributed by atoms with Crippen LogP contribution in [-0.2, 0) is 6.54 Å². The van der Waals surface area contributed by atoms with Gasteiger partial charge in [-0.3, -0.25) is 9.88 Å². The van der Waals surface area contributed by atoms with E-state index >= 15 is 0 Å². The number of benzene rings is 1. The summed E-state index contributed by atoms with van der Waals surface area (Å²) in [5.74, 6) is -0.230. The number of hydrogen-bond acceptors (Lipinski definition) is 5. The van der Waals surface area contributed by atoms with Crippen molar-refractivity contribution in [3.8, 4) is 16.9 Å². The highest BCUT2D eigenvalue weighted by Crippen LogP contribution is 2.27. The molecule has 0 amide bonds. The molecule has 27 heavy (non-hydrogen) atoms. The number of nitrogens with two attached hydrogens (primary N) is 1. The first-order chi connectivity index (χ1) is 13.1. The molecule has 140 valence electrons. The van der Waals surface area contributed by atoms with Crippen LogP contribution in [0.3, 0.4) is 0 Å². The lowest BCUT2D eigenvalue weighted by molar-refractivity contribution is 0.199. The van der Waals surface area contributed by atoms with E-state index in [-0.39, 0.29) is 11.9 Å². The van der Waals surface area contributed by atoms with Gasteiger partial charge < -0.3 is 5.73 Å². The highest BCUT2D eigenvalue weighted by Gasteiger charge is 2.22. The summed E-state index contributed by atoms with van der Waals surface area (Å²) < 4.78 is 15.5. The van der Waals surface area contributed by atoms with Crippen LogP contribution in [0.25, 0.3) is 16.9 Å². The molecule has 0 radical (unpaired) electrons. The number of aromatic nitrogens is 4. The summed E-state index contributed by atoms with van der Waals surface area (Å²) in [4.78, 5) is 6.43. The van der Waals surface area contributed by atoms with E-state index in [0.29, 0.717) is 12.1 Å². The molecule has 6 nitrogen and oxygen atoms in total. The van der Waals surface area contributed by atoms with Gasteiger partial charge in [-0.05, 0) is 62.2 Å². The van der Waals surface area contributed by atoms with Gasteiger partial charge in [-0.1, -0.05) is 5.21 Å². The highest BCUT2D eigenvalue weighted by atomic mass is 19.1. The maximum atomic E-state index is 13.7. The number of rotatable bonds is 4. The van der Waals surface area contributed by atoms with Crippen molar-refractivity contribution < 1.29 is 4.39 Å². The first-order valence-corrected chi connectivity index (χ1v) is 9.21. The SMILES string of the molecule is Cc1cc(-n2nnc(CN3CCCC(N)C3)c2-c2ccncc2)ccc1F. The third-order valence-electron chi connectivity index (χ3n) is 5.00. The first kappa shape index (κ1) is 17.8. The van der Waals surface area contributed by atoms with Crippen molar-refractivity contribution >= 4 is 0 Å². The topological polar surface area (TPSA) is 72.9 Å². The number of nitrogens with zero attached hydrogens (tertiary/aromatic N) is 5. The molecule has 0 aliphatic carbocycles. The smallest absolute Gasteiger partial charge is 0.126 e. The van der Waals surface area contributed by atoms with Crippen molar-refractivity contribution in [2.24, 2.45) is 5.73 Å². The summed E-state index contributed by atoms with van der Waals surface area (Å²) in [6.45, 7) is 4.30. The molecule has 1 aliphatic heterocycles. The Morgan fingerprint density at radius 3 is 2.78 bits per heavy atom. The van der Waals surface area contributed by atoms with E-state index in [0.717, 1.165) is 48.6 Å². The predicted molar refractivity (Wildman–Crippen MR) is 102 cm³/mol. The Balaban J connectivity index is 1.75. The molecule has 4 rings (SSSR count). The van der Waals surface area contributed by atoms with Gasteiger partial charge in [0.05, 0.1) is 11.4 Å². The fourth-order valence-electron chi connectivity index (χ4n) is 3.61. The standard InChI is InChI=1S/C20H23FN6/c1-14-11-17(4-5-18(14)21)27-20(15-6-8-23-9-7-15)19(24-25-27)13-26-10-2-3-16(22)12-26/h4-9,11,16H,2-3,10,12-13,22H2,1H3. The van der Waals surface area contributed by atoms with Gasteiger partial charge >= 0.3 is 0 Å². The average molecular weight is 366 g/mol. The van der Waals surface area contributed by atoms with E-state index < -0.39 is 0 Å². The minimum Gasteiger partial charge on any atom is -0.327 e. The Labute approximate surface area is 157 Å². The molecule has 1 aromatic carbocycles. The van der Waals surface area contributed by atoms with Crippen molar-refractivity contribution in [1.29, 1.82) is 0 Å². The first-order valence-electron chi connectivity index (χ1n) is 9.21. The number of hydrogen-bond donors (Lipinski definition) is 1. The molecule has 2 aromatic heterocycles. The molecule has 0 spiro atoms. The van der Waals surface area contributed by atoms with Crippen molar-refractivity contribution in [3.63, 3.8) is 0 Å². The van der Waals surface area contributed by atoms with E-state index in [1.54, 1.807) is 36.1 Å². The largest absolute Gasteiger partial charge is 0.327 e. The van der Waals surface area contributed by atoms with Gasteiger partial charge in [-0.25, -0.2) is 9.07 Å². The lowest BCUT2D eigenvalue weighted by atomic mass is 10.1. The van der Waals surface area contributed by atoms with E-state index in [4.69, 9.17) is 5.73 Å². The maximum Gasteiger partial charge on any atom is 0.126 e. The number of likely N-dealkylation sites (tertiary alicyclic amines) is 1. The van der Waals surface area contributed by atoms with E-state index in [1.807, 2.05) is 12.1 Å². The summed E-state index contributed by atoms with van der Waals surface area (Å²) in [6, 6.07) is 9.07. The van der Waals surface area contributed by atoms with Crippen molar-refractivity contribution in [2.45, 2.75) is 32.4 Å². The summed E-state index contributed by atoms with van der Waals surface area (Å²) >= 11 is 0. The fourth-order valence-corrected chi connectivity index (χ4v) is 3.61. The van der Waals surface area contributed by atoms with Crippen molar-refractivity contribution in [3.05, 3.63) is 59.8 Å². The molecular weight excluding hydrogens is 343 g/mol. The van der Waals surface area contributed by atoms with Crippen LogP contribution in [0.1, 0.15) is 24.1 Å². The minimum absolute atomic E-state index is 0.206. The second-order valence-electron chi connectivity index (χ2n) is 7.10. The van der Waals surface area contributed by atoms with Gasteiger partial charge in [0.1, 0.15) is 11.5 Å². The molecular formula is C20H23FN6. The minimum atomic E-state index is -0.230. The van der Waals surface area contributed by atoms with Crippen LogP contribution < -0.4 is 5.73 Å². The Morgan fingerprint density at radius 2 is 2.04 bits per heavy atom. The molecule has 0 bridgehead atoms. The van der Waals surface area contributed by atoms with Crippen LogP contribution in [0.5, 0.6) is 0 Å². The van der Waals surface area contributed by atoms with Crippen LogP contribution in [0, 0.1) is 12.7 Å². The molecule has 7 heteroatoms. The lowest BCUT2D eigenvalue weighted by Crippen LogP contribution is -2.42. The quantitative estimate of drug-likeness (QED) is 0.769. The molecule has 0 saturated carbocycles. The third-order valence-corrected chi connectivity index (χ3v) is 5.00. The third kappa shape index (κ3) is 3.74. The van der Waals surface area contributed by atoms with Crippen LogP contribution in [0.4, 0.5) is 4.39 Å². The van der Waals surface area contributed by atoms with Crippen LogP contribution >= 0.6 is 0 Å². The predicted octanol–water partition coefficient (Wildman–Crippen LogP) is 2.70. The number of piperidine rings is 1. The normalized spacial score (nSPS) is 18.0. The van der Waals surface area contributed by atoms with Gasteiger partial charge in [-0.15, -0.1) is 5.10 Å². The second kappa shape index (κ2) is 7.54. The maximum absolute atomic E-state index is 13.7. The van der Waals surface area contributed by atoms with Crippen LogP contribution in [0.15, 0.2) is 42.7 Å². The second-order valence-corrected chi connectivity index (χ2v) is 7.10.